The number of carboxylic acid groups (broad SMARTS) is 1. The Hall–Kier alpha value is -4.27. The topological polar surface area (TPSA) is 112 Å². The van der Waals surface area contributed by atoms with Gasteiger partial charge >= 0.3 is 18.2 Å². The van der Waals surface area contributed by atoms with E-state index in [1.54, 1.807) is 16.0 Å². The quantitative estimate of drug-likeness (QED) is 0.436. The number of likely N-dealkylation sites (tertiary alicyclic amines) is 1. The van der Waals surface area contributed by atoms with E-state index in [4.69, 9.17) is 9.47 Å². The van der Waals surface area contributed by atoms with E-state index >= 15 is 0 Å². The summed E-state index contributed by atoms with van der Waals surface area (Å²) in [5.74, 6) is -1.16. The van der Waals surface area contributed by atoms with Gasteiger partial charge in [-0.1, -0.05) is 48.5 Å². The molecule has 0 saturated carbocycles. The Morgan fingerprint density at radius 2 is 1.69 bits per heavy atom. The van der Waals surface area contributed by atoms with Crippen molar-refractivity contribution in [3.8, 4) is 11.1 Å². The van der Waals surface area contributed by atoms with Crippen LogP contribution in [-0.4, -0.2) is 69.4 Å². The summed E-state index contributed by atoms with van der Waals surface area (Å²) in [6, 6.07) is 17.5. The largest absolute Gasteiger partial charge is 0.477 e. The summed E-state index contributed by atoms with van der Waals surface area (Å²) in [5, 5.41) is 9.31. The zero-order valence-corrected chi connectivity index (χ0v) is 22.3. The van der Waals surface area contributed by atoms with Crippen LogP contribution in [0, 0.1) is 0 Å². The summed E-state index contributed by atoms with van der Waals surface area (Å²) < 4.78 is 11.5. The molecule has 2 N–H and O–H groups in total. The molecule has 9 heteroatoms. The van der Waals surface area contributed by atoms with Crippen LogP contribution in [0.3, 0.4) is 0 Å². The molecule has 2 aliphatic rings. The van der Waals surface area contributed by atoms with E-state index in [9.17, 15) is 19.5 Å². The molecule has 2 heterocycles. The number of carbonyl (C=O) groups is 3. The second kappa shape index (κ2) is 10.5. The monoisotopic (exact) mass is 531 g/mol. The van der Waals surface area contributed by atoms with Crippen molar-refractivity contribution in [3.63, 3.8) is 0 Å². The van der Waals surface area contributed by atoms with Gasteiger partial charge in [0, 0.05) is 25.2 Å². The summed E-state index contributed by atoms with van der Waals surface area (Å²) in [6.45, 7) is 6.50. The Balaban J connectivity index is 1.34. The van der Waals surface area contributed by atoms with Crippen molar-refractivity contribution in [2.24, 2.45) is 0 Å². The molecule has 1 unspecified atom stereocenters. The predicted octanol–water partition coefficient (Wildman–Crippen LogP) is 5.47. The zero-order chi connectivity index (χ0) is 27.7. The minimum Gasteiger partial charge on any atom is -0.477 e. The van der Waals surface area contributed by atoms with Gasteiger partial charge in [-0.2, -0.15) is 0 Å². The number of rotatable bonds is 6. The third kappa shape index (κ3) is 5.62. The fourth-order valence-corrected chi connectivity index (χ4v) is 5.36. The first-order valence-electron chi connectivity index (χ1n) is 13.1. The molecule has 0 spiro atoms. The van der Waals surface area contributed by atoms with Crippen molar-refractivity contribution in [1.82, 2.24) is 14.8 Å². The van der Waals surface area contributed by atoms with Gasteiger partial charge in [0.2, 0.25) is 0 Å². The van der Waals surface area contributed by atoms with E-state index < -0.39 is 23.8 Å². The van der Waals surface area contributed by atoms with Crippen LogP contribution >= 0.6 is 0 Å². The van der Waals surface area contributed by atoms with Crippen LogP contribution in [0.2, 0.25) is 0 Å². The summed E-state index contributed by atoms with van der Waals surface area (Å²) in [5.41, 5.74) is 4.57. The van der Waals surface area contributed by atoms with Crippen LogP contribution in [0.1, 0.15) is 60.3 Å². The number of nitrogens with zero attached hydrogens (tertiary/aromatic N) is 2. The first kappa shape index (κ1) is 26.3. The maximum absolute atomic E-state index is 13.6. The standard InChI is InChI=1S/C30H33N3O6/c1-30(2,3)39-28(36)32-13-12-20(17-32)33(16-19-14-26(27(34)35)31-15-19)29(37)38-18-25-23-10-6-4-8-21(23)22-9-5-7-11-24(22)25/h4-11,14-15,20,25,31H,12-13,16-18H2,1-3H3,(H,34,35). The molecule has 1 aromatic heterocycles. The number of aromatic amines is 1. The Labute approximate surface area is 227 Å². The number of ether oxygens (including phenoxy) is 2. The van der Waals surface area contributed by atoms with Gasteiger partial charge in [-0.25, -0.2) is 14.4 Å². The maximum Gasteiger partial charge on any atom is 0.410 e. The van der Waals surface area contributed by atoms with Gasteiger partial charge in [0.15, 0.2) is 0 Å². The van der Waals surface area contributed by atoms with Gasteiger partial charge in [-0.15, -0.1) is 0 Å². The number of hydrogen-bond acceptors (Lipinski definition) is 5. The Morgan fingerprint density at radius 1 is 1.05 bits per heavy atom. The summed E-state index contributed by atoms with van der Waals surface area (Å²) in [7, 11) is 0. The molecule has 0 bridgehead atoms. The molecule has 1 aliphatic heterocycles. The van der Waals surface area contributed by atoms with Crippen molar-refractivity contribution in [2.45, 2.75) is 51.3 Å². The van der Waals surface area contributed by atoms with Gasteiger partial charge in [0.05, 0.1) is 12.6 Å². The van der Waals surface area contributed by atoms with E-state index in [2.05, 4.69) is 29.2 Å². The van der Waals surface area contributed by atoms with E-state index in [0.29, 0.717) is 25.1 Å². The fraction of sp³-hybridized carbons (Fsp3) is 0.367. The molecule has 2 aromatic carbocycles. The van der Waals surface area contributed by atoms with Crippen LogP contribution in [0.4, 0.5) is 9.59 Å². The minimum absolute atomic E-state index is 0.0410. The van der Waals surface area contributed by atoms with E-state index in [1.807, 2.05) is 45.0 Å². The van der Waals surface area contributed by atoms with Crippen molar-refractivity contribution < 1.29 is 29.0 Å². The number of aromatic carboxylic acids is 1. The number of benzene rings is 2. The van der Waals surface area contributed by atoms with E-state index in [1.165, 1.54) is 6.07 Å². The lowest BCUT2D eigenvalue weighted by Gasteiger charge is -2.29. The van der Waals surface area contributed by atoms with Crippen molar-refractivity contribution in [2.75, 3.05) is 19.7 Å². The SMILES string of the molecule is CC(C)(C)OC(=O)N1CCC(N(Cc2c[nH]c(C(=O)O)c2)C(=O)OCC2c3ccccc3-c3ccccc32)C1. The zero-order valence-electron chi connectivity index (χ0n) is 22.3. The molecule has 1 fully saturated rings. The first-order valence-corrected chi connectivity index (χ1v) is 13.1. The number of amides is 2. The fourth-order valence-electron chi connectivity index (χ4n) is 5.36. The number of hydrogen-bond donors (Lipinski definition) is 2. The summed E-state index contributed by atoms with van der Waals surface area (Å²) >= 11 is 0. The summed E-state index contributed by atoms with van der Waals surface area (Å²) in [4.78, 5) is 43.6. The molecule has 9 nitrogen and oxygen atoms in total. The number of nitrogens with one attached hydrogen (secondary N) is 1. The number of carbonyl (C=O) groups excluding carboxylic acids is 2. The van der Waals surface area contributed by atoms with Gasteiger partial charge < -0.3 is 24.5 Å². The van der Waals surface area contributed by atoms with Crippen LogP contribution < -0.4 is 0 Å². The Bertz CT molecular complexity index is 1350. The van der Waals surface area contributed by atoms with Gasteiger partial charge in [-0.3, -0.25) is 4.90 Å². The predicted molar refractivity (Wildman–Crippen MR) is 145 cm³/mol. The maximum atomic E-state index is 13.6. The highest BCUT2D eigenvalue weighted by Crippen LogP contribution is 2.44. The number of H-pyrrole nitrogens is 1. The van der Waals surface area contributed by atoms with Crippen LogP contribution in [0.15, 0.2) is 60.8 Å². The van der Waals surface area contributed by atoms with Crippen molar-refractivity contribution in [1.29, 1.82) is 0 Å². The third-order valence-electron chi connectivity index (χ3n) is 7.15. The van der Waals surface area contributed by atoms with Gasteiger partial charge in [0.25, 0.3) is 0 Å². The first-order chi connectivity index (χ1) is 18.6. The number of fused-ring (bicyclic) bond motifs is 3. The molecule has 1 saturated heterocycles. The Morgan fingerprint density at radius 3 is 2.28 bits per heavy atom. The molecular formula is C30H33N3O6. The lowest BCUT2D eigenvalue weighted by molar-refractivity contribution is 0.0271. The second-order valence-corrected chi connectivity index (χ2v) is 11.0. The van der Waals surface area contributed by atoms with Gasteiger partial charge in [-0.05, 0) is 61.1 Å². The van der Waals surface area contributed by atoms with Crippen molar-refractivity contribution in [3.05, 3.63) is 83.2 Å². The van der Waals surface area contributed by atoms with Crippen LogP contribution in [0.25, 0.3) is 11.1 Å². The van der Waals surface area contributed by atoms with E-state index in [0.717, 1.165) is 22.3 Å². The van der Waals surface area contributed by atoms with Crippen LogP contribution in [-0.2, 0) is 16.0 Å². The van der Waals surface area contributed by atoms with E-state index in [-0.39, 0.29) is 30.8 Å². The molecule has 204 valence electrons. The normalized spacial score (nSPS) is 16.5. The molecule has 0 radical (unpaired) electrons. The molecular weight excluding hydrogens is 498 g/mol. The lowest BCUT2D eigenvalue weighted by atomic mass is 9.98. The average Bonchev–Trinajstić information content (AvgIpc) is 3.63. The number of carboxylic acids is 1. The summed E-state index contributed by atoms with van der Waals surface area (Å²) in [6.07, 6.45) is 1.20. The van der Waals surface area contributed by atoms with Crippen molar-refractivity contribution >= 4 is 18.2 Å². The highest BCUT2D eigenvalue weighted by molar-refractivity contribution is 5.85. The highest BCUT2D eigenvalue weighted by atomic mass is 16.6. The second-order valence-electron chi connectivity index (χ2n) is 11.0. The molecule has 5 rings (SSSR count). The molecule has 3 aromatic rings. The molecule has 1 atom stereocenters. The average molecular weight is 532 g/mol. The molecule has 39 heavy (non-hydrogen) atoms. The molecule has 1 aliphatic carbocycles. The smallest absolute Gasteiger partial charge is 0.410 e. The third-order valence-corrected chi connectivity index (χ3v) is 7.15. The molecule has 2 amide bonds. The highest BCUT2D eigenvalue weighted by Gasteiger charge is 2.37. The van der Waals surface area contributed by atoms with Gasteiger partial charge in [0.1, 0.15) is 17.9 Å². The minimum atomic E-state index is -1.08. The Kier molecular flexibility index (Phi) is 7.08. The van der Waals surface area contributed by atoms with Crippen LogP contribution in [0.5, 0.6) is 0 Å². The number of aromatic nitrogens is 1. The lowest BCUT2D eigenvalue weighted by Crippen LogP contribution is -2.43.